The lowest BCUT2D eigenvalue weighted by Gasteiger charge is -2.45. The van der Waals surface area contributed by atoms with Crippen molar-refractivity contribution in [2.45, 2.75) is 95.6 Å². The number of likely N-dealkylation sites (tertiary alicyclic amines) is 1. The molecule has 8 nitrogen and oxygen atoms in total. The standard InChI is InChI=1S/C29H44N4O4/c34-27(35)25(32-28(36)29-13-9-21(10-14-29)11-15-29)12-19-37-24-6-3-18-33(20-24)17-2-5-23-8-7-22-4-1-16-30-26(22)31-23/h7-8,21,24-25H,1-6,9-20H2,(H,30,31)(H,32,36)(H,34,35)/t21?,24-,25+,29?/m1/s1. The van der Waals surface area contributed by atoms with Crippen LogP contribution in [0.5, 0.6) is 0 Å². The first-order valence-electron chi connectivity index (χ1n) is 14.6. The summed E-state index contributed by atoms with van der Waals surface area (Å²) in [5.74, 6) is 0.822. The van der Waals surface area contributed by atoms with E-state index in [9.17, 15) is 14.7 Å². The summed E-state index contributed by atoms with van der Waals surface area (Å²) in [7, 11) is 0. The van der Waals surface area contributed by atoms with E-state index in [1.54, 1.807) is 0 Å². The summed E-state index contributed by atoms with van der Waals surface area (Å²) in [6.07, 6.45) is 12.9. The van der Waals surface area contributed by atoms with Crippen LogP contribution in [-0.2, 0) is 27.2 Å². The number of aryl methyl sites for hydroxylation is 2. The van der Waals surface area contributed by atoms with Crippen LogP contribution < -0.4 is 10.6 Å². The minimum Gasteiger partial charge on any atom is -0.480 e. The van der Waals surface area contributed by atoms with Crippen molar-refractivity contribution in [3.8, 4) is 0 Å². The number of pyridine rings is 1. The number of amides is 1. The molecule has 1 saturated heterocycles. The van der Waals surface area contributed by atoms with Crippen molar-refractivity contribution in [3.05, 3.63) is 23.4 Å². The highest BCUT2D eigenvalue weighted by Gasteiger charge is 2.46. The molecule has 37 heavy (non-hydrogen) atoms. The smallest absolute Gasteiger partial charge is 0.326 e. The zero-order valence-corrected chi connectivity index (χ0v) is 22.2. The number of ether oxygens (including phenoxy) is 1. The average Bonchev–Trinajstić information content (AvgIpc) is 2.93. The zero-order chi connectivity index (χ0) is 25.7. The fourth-order valence-electron chi connectivity index (χ4n) is 6.86. The monoisotopic (exact) mass is 512 g/mol. The minimum absolute atomic E-state index is 0.0499. The number of fused-ring (bicyclic) bond motifs is 4. The molecule has 1 aromatic heterocycles. The first kappa shape index (κ1) is 26.4. The quantitative estimate of drug-likeness (QED) is 0.415. The van der Waals surface area contributed by atoms with Crippen molar-refractivity contribution in [2.24, 2.45) is 11.3 Å². The Morgan fingerprint density at radius 2 is 2.00 bits per heavy atom. The number of hydrogen-bond acceptors (Lipinski definition) is 6. The van der Waals surface area contributed by atoms with Gasteiger partial charge in [0.05, 0.1) is 6.10 Å². The van der Waals surface area contributed by atoms with Gasteiger partial charge < -0.3 is 25.4 Å². The first-order chi connectivity index (χ1) is 18.0. The number of carboxylic acids is 1. The molecular formula is C29H44N4O4. The van der Waals surface area contributed by atoms with Crippen LogP contribution in [0.15, 0.2) is 12.1 Å². The zero-order valence-electron chi connectivity index (χ0n) is 22.2. The molecule has 1 aromatic rings. The number of nitrogens with one attached hydrogen (secondary N) is 2. The molecule has 2 aliphatic heterocycles. The van der Waals surface area contributed by atoms with Crippen molar-refractivity contribution in [3.63, 3.8) is 0 Å². The molecule has 2 atom stereocenters. The maximum absolute atomic E-state index is 13.0. The van der Waals surface area contributed by atoms with Crippen LogP contribution in [-0.4, -0.2) is 71.8 Å². The molecule has 204 valence electrons. The fraction of sp³-hybridized carbons (Fsp3) is 0.759. The number of nitrogens with zero attached hydrogens (tertiary/aromatic N) is 2. The van der Waals surface area contributed by atoms with Gasteiger partial charge in [-0.25, -0.2) is 9.78 Å². The van der Waals surface area contributed by atoms with E-state index >= 15 is 0 Å². The third-order valence-corrected chi connectivity index (χ3v) is 9.26. The van der Waals surface area contributed by atoms with Gasteiger partial charge in [-0.2, -0.15) is 0 Å². The second-order valence-electron chi connectivity index (χ2n) is 11.8. The van der Waals surface area contributed by atoms with Crippen LogP contribution in [0.1, 0.15) is 81.9 Å². The van der Waals surface area contributed by atoms with Crippen molar-refractivity contribution in [1.82, 2.24) is 15.2 Å². The van der Waals surface area contributed by atoms with Gasteiger partial charge in [0.25, 0.3) is 0 Å². The Kier molecular flexibility index (Phi) is 8.65. The van der Waals surface area contributed by atoms with Crippen molar-refractivity contribution >= 4 is 17.7 Å². The third kappa shape index (κ3) is 6.63. The predicted molar refractivity (Wildman–Crippen MR) is 143 cm³/mol. The maximum Gasteiger partial charge on any atom is 0.326 e. The van der Waals surface area contributed by atoms with E-state index in [0.29, 0.717) is 13.0 Å². The van der Waals surface area contributed by atoms with Gasteiger partial charge in [-0.05, 0) is 108 Å². The molecule has 3 heterocycles. The molecular weight excluding hydrogens is 468 g/mol. The molecule has 1 amide bonds. The van der Waals surface area contributed by atoms with E-state index in [0.717, 1.165) is 114 Å². The highest BCUT2D eigenvalue weighted by atomic mass is 16.5. The molecule has 5 aliphatic rings. The second-order valence-corrected chi connectivity index (χ2v) is 11.8. The molecule has 4 fully saturated rings. The molecule has 0 spiro atoms. The molecule has 0 radical (unpaired) electrons. The van der Waals surface area contributed by atoms with Crippen LogP contribution in [0.25, 0.3) is 0 Å². The topological polar surface area (TPSA) is 104 Å². The lowest BCUT2D eigenvalue weighted by Crippen LogP contribution is -2.52. The van der Waals surface area contributed by atoms with E-state index in [-0.39, 0.29) is 17.4 Å². The summed E-state index contributed by atoms with van der Waals surface area (Å²) < 4.78 is 6.13. The van der Waals surface area contributed by atoms with Crippen LogP contribution in [0.4, 0.5) is 5.82 Å². The summed E-state index contributed by atoms with van der Waals surface area (Å²) >= 11 is 0. The molecule has 0 unspecified atom stereocenters. The number of carbonyl (C=O) groups is 2. The number of carbonyl (C=O) groups excluding carboxylic acids is 1. The molecule has 3 N–H and O–H groups in total. The highest BCUT2D eigenvalue weighted by Crippen LogP contribution is 2.50. The number of hydrogen-bond donors (Lipinski definition) is 3. The summed E-state index contributed by atoms with van der Waals surface area (Å²) in [5, 5.41) is 16.0. The van der Waals surface area contributed by atoms with Gasteiger partial charge in [-0.1, -0.05) is 6.07 Å². The number of piperidine rings is 1. The Labute approximate surface area is 220 Å². The number of carboxylic acid groups (broad SMARTS) is 1. The third-order valence-electron chi connectivity index (χ3n) is 9.26. The lowest BCUT2D eigenvalue weighted by atomic mass is 9.60. The SMILES string of the molecule is O=C(O)[C@H](CCO[C@@H]1CCCN(CCCc2ccc3c(n2)NCCC3)C1)NC(=O)C12CCC(CC1)CC2. The van der Waals surface area contributed by atoms with Crippen LogP contribution in [0.3, 0.4) is 0 Å². The Hall–Kier alpha value is -2.19. The van der Waals surface area contributed by atoms with E-state index in [2.05, 4.69) is 27.7 Å². The predicted octanol–water partition coefficient (Wildman–Crippen LogP) is 3.78. The molecule has 8 heteroatoms. The van der Waals surface area contributed by atoms with Gasteiger partial charge in [0.2, 0.25) is 5.91 Å². The normalized spacial score (nSPS) is 28.2. The summed E-state index contributed by atoms with van der Waals surface area (Å²) in [6.45, 7) is 4.35. The summed E-state index contributed by atoms with van der Waals surface area (Å²) in [4.78, 5) is 32.2. The van der Waals surface area contributed by atoms with E-state index in [4.69, 9.17) is 9.72 Å². The van der Waals surface area contributed by atoms with Crippen LogP contribution in [0, 0.1) is 11.3 Å². The number of anilines is 1. The van der Waals surface area contributed by atoms with Gasteiger partial charge in [0, 0.05) is 37.2 Å². The highest BCUT2D eigenvalue weighted by molar-refractivity contribution is 5.87. The Morgan fingerprint density at radius 3 is 2.78 bits per heavy atom. The van der Waals surface area contributed by atoms with E-state index in [1.807, 2.05) is 0 Å². The van der Waals surface area contributed by atoms with E-state index < -0.39 is 12.0 Å². The summed E-state index contributed by atoms with van der Waals surface area (Å²) in [5.41, 5.74) is 2.15. The van der Waals surface area contributed by atoms with Crippen molar-refractivity contribution < 1.29 is 19.4 Å². The first-order valence-corrected chi connectivity index (χ1v) is 14.6. The molecule has 3 saturated carbocycles. The van der Waals surface area contributed by atoms with Gasteiger partial charge >= 0.3 is 5.97 Å². The van der Waals surface area contributed by atoms with Gasteiger partial charge in [-0.3, -0.25) is 4.79 Å². The molecule has 0 aromatic carbocycles. The molecule has 2 bridgehead atoms. The van der Waals surface area contributed by atoms with Crippen LogP contribution in [0.2, 0.25) is 0 Å². The van der Waals surface area contributed by atoms with E-state index in [1.165, 1.54) is 12.0 Å². The number of aliphatic carboxylic acids is 1. The number of rotatable bonds is 11. The Morgan fingerprint density at radius 1 is 1.19 bits per heavy atom. The van der Waals surface area contributed by atoms with Gasteiger partial charge in [0.15, 0.2) is 0 Å². The Bertz CT molecular complexity index is 932. The van der Waals surface area contributed by atoms with Gasteiger partial charge in [-0.15, -0.1) is 0 Å². The Balaban J connectivity index is 1.02. The van der Waals surface area contributed by atoms with Crippen molar-refractivity contribution in [2.75, 3.05) is 38.1 Å². The lowest BCUT2D eigenvalue weighted by molar-refractivity contribution is -0.147. The van der Waals surface area contributed by atoms with Crippen LogP contribution >= 0.6 is 0 Å². The number of aromatic nitrogens is 1. The fourth-order valence-corrected chi connectivity index (χ4v) is 6.86. The minimum atomic E-state index is -0.964. The maximum atomic E-state index is 13.0. The van der Waals surface area contributed by atoms with Crippen molar-refractivity contribution in [1.29, 1.82) is 0 Å². The molecule has 3 aliphatic carbocycles. The average molecular weight is 513 g/mol. The molecule has 6 rings (SSSR count). The second kappa shape index (κ2) is 12.1. The largest absolute Gasteiger partial charge is 0.480 e. The summed E-state index contributed by atoms with van der Waals surface area (Å²) in [6, 6.07) is 3.52. The van der Waals surface area contributed by atoms with Gasteiger partial charge in [0.1, 0.15) is 11.9 Å².